The van der Waals surface area contributed by atoms with Crippen LogP contribution in [0.2, 0.25) is 0 Å². The normalized spacial score (nSPS) is 9.75. The molecule has 1 rings (SSSR count). The highest BCUT2D eigenvalue weighted by atomic mass is 32.2. The summed E-state index contributed by atoms with van der Waals surface area (Å²) in [5.41, 5.74) is 2.27. The molecule has 0 radical (unpaired) electrons. The van der Waals surface area contributed by atoms with Crippen LogP contribution in [0.4, 0.5) is 0 Å². The van der Waals surface area contributed by atoms with Crippen LogP contribution >= 0.6 is 0 Å². The van der Waals surface area contributed by atoms with E-state index in [2.05, 4.69) is 5.14 Å². The van der Waals surface area contributed by atoms with Crippen LogP contribution < -0.4 is 5.14 Å². The molecule has 0 bridgehead atoms. The first-order valence-corrected chi connectivity index (χ1v) is 6.04. The minimum absolute atomic E-state index is 0.169. The summed E-state index contributed by atoms with van der Waals surface area (Å²) in [6.07, 6.45) is 1.35. The molecule has 0 saturated heterocycles. The number of hydrogen-bond donors (Lipinski definition) is 4. The van der Waals surface area contributed by atoms with Gasteiger partial charge in [-0.05, 0) is 24.0 Å². The molecule has 0 heterocycles. The molecule has 5 nitrogen and oxygen atoms in total. The number of nitrogens with two attached hydrogens (primary N) is 1. The van der Waals surface area contributed by atoms with Crippen molar-refractivity contribution in [3.63, 3.8) is 0 Å². The molecule has 0 unspecified atom stereocenters. The smallest absolute Gasteiger partial charge is 0.198 e. The van der Waals surface area contributed by atoms with E-state index in [0.717, 1.165) is 11.1 Å². The minimum Gasteiger partial charge on any atom is -0.396 e. The zero-order valence-electron chi connectivity index (χ0n) is 8.87. The molecular weight excluding hydrogens is 230 g/mol. The zero-order chi connectivity index (χ0) is 12.4. The molecule has 0 aliphatic heterocycles. The Morgan fingerprint density at radius 1 is 1.00 bits per heavy atom. The fourth-order valence-electron chi connectivity index (χ4n) is 1.29. The van der Waals surface area contributed by atoms with E-state index >= 15 is 0 Å². The monoisotopic (exact) mass is 247 g/mol. The quantitative estimate of drug-likeness (QED) is 0.525. The van der Waals surface area contributed by atoms with E-state index in [1.54, 1.807) is 0 Å². The molecule has 0 aliphatic carbocycles. The van der Waals surface area contributed by atoms with Crippen molar-refractivity contribution in [2.24, 2.45) is 5.14 Å². The van der Waals surface area contributed by atoms with Crippen LogP contribution in [0.15, 0.2) is 24.3 Å². The van der Waals surface area contributed by atoms with E-state index in [4.69, 9.17) is 18.6 Å². The summed E-state index contributed by atoms with van der Waals surface area (Å²) >= 11 is 0. The van der Waals surface area contributed by atoms with Crippen LogP contribution in [0.25, 0.3) is 0 Å². The van der Waals surface area contributed by atoms with Crippen LogP contribution in [0.3, 0.4) is 0 Å². The van der Waals surface area contributed by atoms with Crippen molar-refractivity contribution in [3.8, 4) is 0 Å². The summed E-state index contributed by atoms with van der Waals surface area (Å²) in [6, 6.07) is 7.88. The molecule has 4 N–H and O–H groups in total. The van der Waals surface area contributed by atoms with Gasteiger partial charge in [0.1, 0.15) is 0 Å². The van der Waals surface area contributed by atoms with Crippen molar-refractivity contribution in [3.05, 3.63) is 35.4 Å². The van der Waals surface area contributed by atoms with Crippen molar-refractivity contribution < 1.29 is 18.6 Å². The Balaban J connectivity index is 0.000000487. The van der Waals surface area contributed by atoms with Gasteiger partial charge in [0.25, 0.3) is 0 Å². The highest BCUT2D eigenvalue weighted by Gasteiger charge is 1.99. The molecule has 92 valence electrons. The van der Waals surface area contributed by atoms with Gasteiger partial charge in [0, 0.05) is 13.2 Å². The minimum atomic E-state index is -2.62. The van der Waals surface area contributed by atoms with Gasteiger partial charge in [-0.3, -0.25) is 0 Å². The maximum atomic E-state index is 8.81. The lowest BCUT2D eigenvalue weighted by Crippen LogP contribution is -1.99. The Hall–Kier alpha value is -0.950. The summed E-state index contributed by atoms with van der Waals surface area (Å²) in [7, 11) is -2.62. The number of thiol groups is 1. The first-order chi connectivity index (χ1) is 7.61. The van der Waals surface area contributed by atoms with Gasteiger partial charge in [0.05, 0.1) is 0 Å². The van der Waals surface area contributed by atoms with E-state index in [1.807, 2.05) is 24.3 Å². The second-order valence-corrected chi connectivity index (χ2v) is 3.57. The molecule has 0 fully saturated rings. The maximum Gasteiger partial charge on any atom is 0.198 e. The van der Waals surface area contributed by atoms with E-state index in [1.165, 1.54) is 0 Å². The van der Waals surface area contributed by atoms with Gasteiger partial charge in [-0.25, -0.2) is 13.6 Å². The van der Waals surface area contributed by atoms with Crippen molar-refractivity contribution in [2.75, 3.05) is 13.2 Å². The number of hydrogen-bond acceptors (Lipinski definition) is 4. The number of aliphatic hydroxyl groups is 2. The zero-order valence-corrected chi connectivity index (χ0v) is 9.77. The van der Waals surface area contributed by atoms with Crippen LogP contribution in [0, 0.1) is 0 Å². The molecule has 1 aromatic carbocycles. The number of benzene rings is 1. The van der Waals surface area contributed by atoms with E-state index in [9.17, 15) is 0 Å². The number of rotatable bonds is 4. The summed E-state index contributed by atoms with van der Waals surface area (Å²) in [6.45, 7) is 0.338. The van der Waals surface area contributed by atoms with Crippen molar-refractivity contribution >= 4 is 10.9 Å². The van der Waals surface area contributed by atoms with Crippen LogP contribution in [0.5, 0.6) is 0 Å². The lowest BCUT2D eigenvalue weighted by Gasteiger charge is -2.05. The van der Waals surface area contributed by atoms with Crippen molar-refractivity contribution in [1.82, 2.24) is 0 Å². The largest absolute Gasteiger partial charge is 0.396 e. The molecule has 0 saturated carbocycles. The summed E-state index contributed by atoms with van der Waals surface area (Å²) in [5, 5.41) is 21.6. The average Bonchev–Trinajstić information content (AvgIpc) is 2.21. The molecule has 6 heteroatoms. The highest BCUT2D eigenvalue weighted by Crippen LogP contribution is 2.09. The SMILES string of the molecule is N[SH](=O)=O.OCCc1ccccc1CCO. The molecule has 0 atom stereocenters. The third-order valence-corrected chi connectivity index (χ3v) is 1.88. The fraction of sp³-hybridized carbons (Fsp3) is 0.400. The molecule has 0 aliphatic rings. The van der Waals surface area contributed by atoms with Crippen LogP contribution in [0.1, 0.15) is 11.1 Å². The predicted molar refractivity (Wildman–Crippen MR) is 62.5 cm³/mol. The topological polar surface area (TPSA) is 101 Å². The van der Waals surface area contributed by atoms with Gasteiger partial charge < -0.3 is 10.2 Å². The Kier molecular flexibility index (Phi) is 8.74. The average molecular weight is 247 g/mol. The van der Waals surface area contributed by atoms with Gasteiger partial charge in [0.15, 0.2) is 10.9 Å². The molecule has 0 spiro atoms. The fourth-order valence-corrected chi connectivity index (χ4v) is 1.29. The van der Waals surface area contributed by atoms with Crippen molar-refractivity contribution in [1.29, 1.82) is 0 Å². The van der Waals surface area contributed by atoms with Gasteiger partial charge in [0.2, 0.25) is 0 Å². The first-order valence-electron chi connectivity index (χ1n) is 4.79. The third-order valence-electron chi connectivity index (χ3n) is 1.88. The highest BCUT2D eigenvalue weighted by molar-refractivity contribution is 7.69. The van der Waals surface area contributed by atoms with Gasteiger partial charge in [-0.1, -0.05) is 24.3 Å². The van der Waals surface area contributed by atoms with Crippen molar-refractivity contribution in [2.45, 2.75) is 12.8 Å². The Morgan fingerprint density at radius 2 is 1.31 bits per heavy atom. The Morgan fingerprint density at radius 3 is 1.56 bits per heavy atom. The molecule has 0 aromatic heterocycles. The predicted octanol–water partition coefficient (Wildman–Crippen LogP) is -0.772. The van der Waals surface area contributed by atoms with E-state index < -0.39 is 10.9 Å². The maximum absolute atomic E-state index is 8.81. The second-order valence-electron chi connectivity index (χ2n) is 3.00. The standard InChI is InChI=1S/C10H14O2.H3NO2S/c11-7-5-9-3-1-2-4-10(9)6-8-12;1-4(2)3/h1-4,11-12H,5-8H2;4H,(H2,1,2,3). The second kappa shape index (κ2) is 9.29. The third kappa shape index (κ3) is 7.36. The molecule has 1 aromatic rings. The lowest BCUT2D eigenvalue weighted by atomic mass is 10.0. The lowest BCUT2D eigenvalue weighted by molar-refractivity contribution is 0.293. The Bertz CT molecular complexity index is 333. The molecule has 0 amide bonds. The van der Waals surface area contributed by atoms with Crippen LogP contribution in [-0.2, 0) is 23.7 Å². The van der Waals surface area contributed by atoms with Gasteiger partial charge >= 0.3 is 0 Å². The van der Waals surface area contributed by atoms with E-state index in [0.29, 0.717) is 12.8 Å². The summed E-state index contributed by atoms with van der Waals surface area (Å²) in [5.74, 6) is 0. The van der Waals surface area contributed by atoms with E-state index in [-0.39, 0.29) is 13.2 Å². The van der Waals surface area contributed by atoms with Crippen LogP contribution in [-0.4, -0.2) is 31.8 Å². The summed E-state index contributed by atoms with van der Waals surface area (Å²) in [4.78, 5) is 0. The van der Waals surface area contributed by atoms with Gasteiger partial charge in [-0.15, -0.1) is 0 Å². The number of aliphatic hydroxyl groups excluding tert-OH is 2. The summed E-state index contributed by atoms with van der Waals surface area (Å²) < 4.78 is 17.6. The molecule has 16 heavy (non-hydrogen) atoms. The first kappa shape index (κ1) is 15.0. The molecular formula is C10H17NO4S. The van der Waals surface area contributed by atoms with Gasteiger partial charge in [-0.2, -0.15) is 0 Å². The Labute approximate surface area is 96.6 Å².